The second kappa shape index (κ2) is 5.57. The summed E-state index contributed by atoms with van der Waals surface area (Å²) in [4.78, 5) is 20.2. The van der Waals surface area contributed by atoms with E-state index in [2.05, 4.69) is 9.97 Å². The molecule has 0 unspecified atom stereocenters. The zero-order valence-corrected chi connectivity index (χ0v) is 12.4. The van der Waals surface area contributed by atoms with Gasteiger partial charge in [-0.15, -0.1) is 0 Å². The molecule has 0 aliphatic heterocycles. The highest BCUT2D eigenvalue weighted by molar-refractivity contribution is 7.98. The van der Waals surface area contributed by atoms with Crippen molar-refractivity contribution in [2.75, 3.05) is 13.4 Å². The van der Waals surface area contributed by atoms with Gasteiger partial charge in [0, 0.05) is 17.8 Å². The summed E-state index contributed by atoms with van der Waals surface area (Å²) in [6.07, 6.45) is 5.61. The first-order valence-corrected chi connectivity index (χ1v) is 7.52. The lowest BCUT2D eigenvalue weighted by Gasteiger charge is -2.06. The minimum atomic E-state index is -0.337. The van der Waals surface area contributed by atoms with Gasteiger partial charge in [0.25, 0.3) is 0 Å². The molecule has 3 aromatic rings. The Hall–Kier alpha value is -2.34. The van der Waals surface area contributed by atoms with Crippen LogP contribution < -0.4 is 0 Å². The lowest BCUT2D eigenvalue weighted by atomic mass is 10.1. The summed E-state index contributed by atoms with van der Waals surface area (Å²) in [6.45, 7) is 0. The van der Waals surface area contributed by atoms with Crippen LogP contribution in [-0.4, -0.2) is 33.9 Å². The van der Waals surface area contributed by atoms with Crippen molar-refractivity contribution in [2.45, 2.75) is 5.16 Å². The van der Waals surface area contributed by atoms with Crippen LogP contribution in [0.3, 0.4) is 0 Å². The van der Waals surface area contributed by atoms with Crippen LogP contribution in [0.2, 0.25) is 0 Å². The number of esters is 1. The molecule has 2 aromatic heterocycles. The Labute approximate surface area is 126 Å². The van der Waals surface area contributed by atoms with Crippen LogP contribution in [-0.2, 0) is 4.74 Å². The first-order valence-electron chi connectivity index (χ1n) is 6.30. The van der Waals surface area contributed by atoms with Gasteiger partial charge in [-0.1, -0.05) is 11.8 Å². The molecule has 0 spiro atoms. The van der Waals surface area contributed by atoms with Crippen molar-refractivity contribution in [3.8, 4) is 5.82 Å². The van der Waals surface area contributed by atoms with E-state index in [1.807, 2.05) is 41.3 Å². The first-order chi connectivity index (χ1) is 10.2. The molecule has 21 heavy (non-hydrogen) atoms. The summed E-state index contributed by atoms with van der Waals surface area (Å²) < 4.78 is 6.71. The zero-order valence-electron chi connectivity index (χ0n) is 11.6. The summed E-state index contributed by atoms with van der Waals surface area (Å²) in [7, 11) is 1.38. The number of hydrogen-bond donors (Lipinski definition) is 0. The number of rotatable bonds is 3. The fourth-order valence-electron chi connectivity index (χ4n) is 2.15. The van der Waals surface area contributed by atoms with Gasteiger partial charge in [-0.2, -0.15) is 0 Å². The van der Waals surface area contributed by atoms with Crippen LogP contribution in [0, 0.1) is 0 Å². The van der Waals surface area contributed by atoms with Crippen molar-refractivity contribution in [2.24, 2.45) is 0 Å². The molecule has 0 saturated heterocycles. The maximum atomic E-state index is 11.6. The van der Waals surface area contributed by atoms with E-state index in [-0.39, 0.29) is 5.97 Å². The van der Waals surface area contributed by atoms with Crippen molar-refractivity contribution >= 4 is 28.6 Å². The number of carbonyl (C=O) groups is 1. The second-order valence-corrected chi connectivity index (χ2v) is 5.13. The molecule has 0 aliphatic carbocycles. The van der Waals surface area contributed by atoms with Crippen molar-refractivity contribution in [3.05, 3.63) is 48.3 Å². The van der Waals surface area contributed by atoms with Gasteiger partial charge in [0.05, 0.1) is 18.2 Å². The molecule has 0 atom stereocenters. The van der Waals surface area contributed by atoms with E-state index < -0.39 is 0 Å². The second-order valence-electron chi connectivity index (χ2n) is 4.35. The third-order valence-electron chi connectivity index (χ3n) is 3.16. The molecule has 6 heteroatoms. The zero-order chi connectivity index (χ0) is 14.8. The lowest BCUT2D eigenvalue weighted by Crippen LogP contribution is -2.01. The summed E-state index contributed by atoms with van der Waals surface area (Å²) in [6, 6.07) is 9.26. The summed E-state index contributed by atoms with van der Waals surface area (Å²) >= 11 is 1.50. The number of hydrogen-bond acceptors (Lipinski definition) is 5. The number of fused-ring (bicyclic) bond motifs is 1. The van der Waals surface area contributed by atoms with Gasteiger partial charge in [-0.3, -0.25) is 0 Å². The predicted octanol–water partition coefficient (Wildman–Crippen LogP) is 2.93. The first kappa shape index (κ1) is 13.6. The highest BCUT2D eigenvalue weighted by Gasteiger charge is 2.10. The molecule has 2 heterocycles. The molecule has 3 rings (SSSR count). The fraction of sp³-hybridized carbons (Fsp3) is 0.133. The normalized spacial score (nSPS) is 10.8. The molecular formula is C15H13N3O2S. The van der Waals surface area contributed by atoms with Gasteiger partial charge in [-0.05, 0) is 36.6 Å². The average Bonchev–Trinajstić information content (AvgIpc) is 2.97. The largest absolute Gasteiger partial charge is 0.465 e. The number of nitrogens with zero attached hydrogens (tertiary/aromatic N) is 3. The minimum absolute atomic E-state index is 0.337. The van der Waals surface area contributed by atoms with E-state index in [4.69, 9.17) is 4.74 Å². The maximum Gasteiger partial charge on any atom is 0.337 e. The van der Waals surface area contributed by atoms with Gasteiger partial charge in [0.2, 0.25) is 0 Å². The molecule has 0 bridgehead atoms. The Morgan fingerprint density at radius 2 is 2.14 bits per heavy atom. The number of aromatic nitrogens is 3. The van der Waals surface area contributed by atoms with E-state index in [1.165, 1.54) is 18.9 Å². The van der Waals surface area contributed by atoms with Gasteiger partial charge >= 0.3 is 5.97 Å². The van der Waals surface area contributed by atoms with Crippen LogP contribution in [0.5, 0.6) is 0 Å². The fourth-order valence-corrected chi connectivity index (χ4v) is 2.50. The van der Waals surface area contributed by atoms with E-state index in [9.17, 15) is 4.79 Å². The maximum absolute atomic E-state index is 11.6. The average molecular weight is 299 g/mol. The highest BCUT2D eigenvalue weighted by atomic mass is 32.2. The molecule has 0 saturated carbocycles. The Morgan fingerprint density at radius 1 is 1.29 bits per heavy atom. The number of benzene rings is 1. The monoisotopic (exact) mass is 299 g/mol. The topological polar surface area (TPSA) is 57.0 Å². The van der Waals surface area contributed by atoms with Crippen LogP contribution in [0.4, 0.5) is 0 Å². The van der Waals surface area contributed by atoms with E-state index in [1.54, 1.807) is 12.3 Å². The van der Waals surface area contributed by atoms with Gasteiger partial charge in [0.1, 0.15) is 5.82 Å². The van der Waals surface area contributed by atoms with Gasteiger partial charge < -0.3 is 9.30 Å². The molecule has 0 N–H and O–H groups in total. The molecule has 0 fully saturated rings. The van der Waals surface area contributed by atoms with Crippen molar-refractivity contribution < 1.29 is 9.53 Å². The van der Waals surface area contributed by atoms with Crippen molar-refractivity contribution in [1.29, 1.82) is 0 Å². The van der Waals surface area contributed by atoms with Gasteiger partial charge in [0.15, 0.2) is 5.16 Å². The van der Waals surface area contributed by atoms with Crippen molar-refractivity contribution in [3.63, 3.8) is 0 Å². The van der Waals surface area contributed by atoms with Crippen LogP contribution in [0.25, 0.3) is 16.7 Å². The molecule has 1 aromatic carbocycles. The molecule has 0 radical (unpaired) electrons. The molecule has 106 valence electrons. The van der Waals surface area contributed by atoms with Crippen LogP contribution >= 0.6 is 11.8 Å². The predicted molar refractivity (Wildman–Crippen MR) is 82.0 cm³/mol. The Kier molecular flexibility index (Phi) is 3.62. The lowest BCUT2D eigenvalue weighted by molar-refractivity contribution is 0.0601. The number of carbonyl (C=O) groups excluding carboxylic acids is 1. The third kappa shape index (κ3) is 2.50. The number of methoxy groups -OCH3 is 1. The molecule has 5 nitrogen and oxygen atoms in total. The number of ether oxygens (including phenoxy) is 1. The Morgan fingerprint density at radius 3 is 2.90 bits per heavy atom. The Bertz CT molecular complexity index is 814. The summed E-state index contributed by atoms with van der Waals surface area (Å²) in [5, 5.41) is 1.68. The summed E-state index contributed by atoms with van der Waals surface area (Å²) in [5.41, 5.74) is 1.52. The highest BCUT2D eigenvalue weighted by Crippen LogP contribution is 2.22. The standard InChI is InChI=1S/C15H13N3O2S/c1-20-14(19)11-3-4-12-10(9-11)6-8-18(12)13-5-7-16-15(17-13)21-2/h3-9H,1-2H3. The Balaban J connectivity index is 2.10. The minimum Gasteiger partial charge on any atom is -0.465 e. The summed E-state index contributed by atoms with van der Waals surface area (Å²) in [5.74, 6) is 0.464. The quantitative estimate of drug-likeness (QED) is 0.423. The van der Waals surface area contributed by atoms with Crippen LogP contribution in [0.15, 0.2) is 47.9 Å². The van der Waals surface area contributed by atoms with Crippen molar-refractivity contribution in [1.82, 2.24) is 14.5 Å². The molecule has 0 aliphatic rings. The third-order valence-corrected chi connectivity index (χ3v) is 3.72. The molecule has 0 amide bonds. The van der Waals surface area contributed by atoms with E-state index >= 15 is 0 Å². The number of thioether (sulfide) groups is 1. The van der Waals surface area contributed by atoms with Gasteiger partial charge in [-0.25, -0.2) is 14.8 Å². The van der Waals surface area contributed by atoms with Crippen LogP contribution in [0.1, 0.15) is 10.4 Å². The smallest absolute Gasteiger partial charge is 0.337 e. The van der Waals surface area contributed by atoms with E-state index in [0.29, 0.717) is 5.56 Å². The SMILES string of the molecule is COC(=O)c1ccc2c(ccn2-c2ccnc(SC)n2)c1. The molecular weight excluding hydrogens is 286 g/mol. The van der Waals surface area contributed by atoms with E-state index in [0.717, 1.165) is 21.9 Å².